The van der Waals surface area contributed by atoms with Crippen molar-refractivity contribution in [3.05, 3.63) is 35.4 Å². The maximum atomic E-state index is 6.21. The van der Waals surface area contributed by atoms with Crippen LogP contribution in [0.4, 0.5) is 0 Å². The van der Waals surface area contributed by atoms with E-state index in [0.29, 0.717) is 24.7 Å². The lowest BCUT2D eigenvalue weighted by molar-refractivity contribution is -0.0705. The van der Waals surface area contributed by atoms with Gasteiger partial charge in [0.1, 0.15) is 0 Å². The van der Waals surface area contributed by atoms with Gasteiger partial charge in [0.2, 0.25) is 0 Å². The molecule has 0 aliphatic carbocycles. The highest BCUT2D eigenvalue weighted by molar-refractivity contribution is 7.99. The van der Waals surface area contributed by atoms with Gasteiger partial charge < -0.3 is 15.4 Å². The summed E-state index contributed by atoms with van der Waals surface area (Å²) in [6, 6.07) is 8.59. The van der Waals surface area contributed by atoms with Crippen molar-refractivity contribution in [1.82, 2.24) is 9.80 Å². The topological polar surface area (TPSA) is 54.1 Å². The number of morpholine rings is 1. The van der Waals surface area contributed by atoms with Crippen LogP contribution < -0.4 is 5.73 Å². The Morgan fingerprint density at radius 2 is 1.80 bits per heavy atom. The van der Waals surface area contributed by atoms with Crippen molar-refractivity contribution in [3.63, 3.8) is 0 Å². The van der Waals surface area contributed by atoms with Crippen LogP contribution in [0, 0.1) is 0 Å². The van der Waals surface area contributed by atoms with Gasteiger partial charge in [0, 0.05) is 44.2 Å². The summed E-state index contributed by atoms with van der Waals surface area (Å²) < 4.78 is 5.84. The lowest BCUT2D eigenvalue weighted by Gasteiger charge is -2.35. The SMILES string of the molecule is CC1CN(Cc2ccccc2CN=C(N)N2CCSCC2)CC(C)O1. The molecule has 138 valence electrons. The number of rotatable bonds is 4. The van der Waals surface area contributed by atoms with Gasteiger partial charge in [-0.05, 0) is 25.0 Å². The second-order valence-corrected chi connectivity index (χ2v) is 8.22. The molecule has 2 N–H and O–H groups in total. The third kappa shape index (κ3) is 5.36. The Morgan fingerprint density at radius 3 is 2.48 bits per heavy atom. The summed E-state index contributed by atoms with van der Waals surface area (Å²) >= 11 is 1.98. The van der Waals surface area contributed by atoms with E-state index >= 15 is 0 Å². The second-order valence-electron chi connectivity index (χ2n) is 6.99. The van der Waals surface area contributed by atoms with Crippen LogP contribution in [0.2, 0.25) is 0 Å². The zero-order valence-electron chi connectivity index (χ0n) is 15.4. The predicted molar refractivity (Wildman–Crippen MR) is 106 cm³/mol. The highest BCUT2D eigenvalue weighted by Crippen LogP contribution is 2.18. The molecule has 1 aromatic rings. The molecular weight excluding hydrogens is 332 g/mol. The molecule has 2 unspecified atom stereocenters. The highest BCUT2D eigenvalue weighted by Gasteiger charge is 2.22. The van der Waals surface area contributed by atoms with Crippen LogP contribution in [0.1, 0.15) is 25.0 Å². The van der Waals surface area contributed by atoms with Crippen molar-refractivity contribution in [2.45, 2.75) is 39.1 Å². The fraction of sp³-hybridized carbons (Fsp3) is 0.632. The van der Waals surface area contributed by atoms with Gasteiger partial charge in [-0.2, -0.15) is 11.8 Å². The summed E-state index contributed by atoms with van der Waals surface area (Å²) in [4.78, 5) is 9.35. The molecule has 0 aromatic heterocycles. The van der Waals surface area contributed by atoms with E-state index < -0.39 is 0 Å². The first kappa shape index (κ1) is 18.5. The van der Waals surface area contributed by atoms with Crippen LogP contribution in [0.15, 0.2) is 29.3 Å². The van der Waals surface area contributed by atoms with E-state index in [2.05, 4.69) is 52.9 Å². The first-order valence-electron chi connectivity index (χ1n) is 9.19. The maximum Gasteiger partial charge on any atom is 0.191 e. The average Bonchev–Trinajstić information content (AvgIpc) is 2.60. The van der Waals surface area contributed by atoms with E-state index in [9.17, 15) is 0 Å². The molecule has 6 heteroatoms. The van der Waals surface area contributed by atoms with E-state index in [1.54, 1.807) is 0 Å². The Kier molecular flexibility index (Phi) is 6.62. The lowest BCUT2D eigenvalue weighted by Crippen LogP contribution is -2.45. The van der Waals surface area contributed by atoms with Gasteiger partial charge in [0.15, 0.2) is 5.96 Å². The number of benzene rings is 1. The van der Waals surface area contributed by atoms with E-state index in [1.807, 2.05) is 11.8 Å². The fourth-order valence-corrected chi connectivity index (χ4v) is 4.48. The third-order valence-corrected chi connectivity index (χ3v) is 5.70. The number of thioether (sulfide) groups is 1. The van der Waals surface area contributed by atoms with Crippen molar-refractivity contribution in [1.29, 1.82) is 0 Å². The minimum absolute atomic E-state index is 0.293. The van der Waals surface area contributed by atoms with Crippen molar-refractivity contribution < 1.29 is 4.74 Å². The van der Waals surface area contributed by atoms with Crippen LogP contribution in [0.3, 0.4) is 0 Å². The summed E-state index contributed by atoms with van der Waals surface area (Å²) in [5, 5.41) is 0. The van der Waals surface area contributed by atoms with Crippen LogP contribution in [-0.2, 0) is 17.8 Å². The molecule has 1 aromatic carbocycles. The number of nitrogens with zero attached hydrogens (tertiary/aromatic N) is 3. The van der Waals surface area contributed by atoms with Gasteiger partial charge in [0.25, 0.3) is 0 Å². The second kappa shape index (κ2) is 8.92. The number of hydrogen-bond donors (Lipinski definition) is 1. The summed E-state index contributed by atoms with van der Waals surface area (Å²) in [5.74, 6) is 2.96. The first-order valence-corrected chi connectivity index (χ1v) is 10.3. The average molecular weight is 363 g/mol. The molecule has 2 saturated heterocycles. The molecule has 25 heavy (non-hydrogen) atoms. The molecular formula is C19H30N4OS. The molecule has 0 spiro atoms. The zero-order valence-corrected chi connectivity index (χ0v) is 16.2. The third-order valence-electron chi connectivity index (χ3n) is 4.75. The Morgan fingerprint density at radius 1 is 1.16 bits per heavy atom. The Hall–Kier alpha value is -1.24. The standard InChI is InChI=1S/C19H30N4OS/c1-15-12-22(13-16(2)24-15)14-18-6-4-3-5-17(18)11-21-19(20)23-7-9-25-10-8-23/h3-6,15-16H,7-14H2,1-2H3,(H2,20,21). The summed E-state index contributed by atoms with van der Waals surface area (Å²) in [6.45, 7) is 9.87. The zero-order chi connectivity index (χ0) is 17.6. The van der Waals surface area contributed by atoms with Crippen LogP contribution in [0.25, 0.3) is 0 Å². The minimum atomic E-state index is 0.293. The molecule has 2 heterocycles. The number of guanidine groups is 1. The normalized spacial score (nSPS) is 26.0. The molecule has 2 aliphatic rings. The van der Waals surface area contributed by atoms with Crippen molar-refractivity contribution in [2.24, 2.45) is 10.7 Å². The number of ether oxygens (including phenoxy) is 1. The van der Waals surface area contributed by atoms with Crippen molar-refractivity contribution in [2.75, 3.05) is 37.7 Å². The first-order chi connectivity index (χ1) is 12.1. The summed E-state index contributed by atoms with van der Waals surface area (Å²) in [6.07, 6.45) is 0.586. The monoisotopic (exact) mass is 362 g/mol. The maximum absolute atomic E-state index is 6.21. The number of hydrogen-bond acceptors (Lipinski definition) is 4. The van der Waals surface area contributed by atoms with E-state index in [0.717, 1.165) is 44.2 Å². The van der Waals surface area contributed by atoms with Crippen molar-refractivity contribution in [3.8, 4) is 0 Å². The fourth-order valence-electron chi connectivity index (χ4n) is 3.58. The molecule has 2 atom stereocenters. The van der Waals surface area contributed by atoms with Gasteiger partial charge in [-0.15, -0.1) is 0 Å². The Bertz CT molecular complexity index is 579. The van der Waals surface area contributed by atoms with Crippen LogP contribution in [-0.4, -0.2) is 65.7 Å². The van der Waals surface area contributed by atoms with E-state index in [1.165, 1.54) is 11.1 Å². The number of aliphatic imine (C=N–C) groups is 1. The van der Waals surface area contributed by atoms with Gasteiger partial charge in [0.05, 0.1) is 18.8 Å². The molecule has 2 fully saturated rings. The quantitative estimate of drug-likeness (QED) is 0.657. The molecule has 0 bridgehead atoms. The largest absolute Gasteiger partial charge is 0.373 e. The lowest BCUT2D eigenvalue weighted by atomic mass is 10.1. The summed E-state index contributed by atoms with van der Waals surface area (Å²) in [7, 11) is 0. The van der Waals surface area contributed by atoms with Gasteiger partial charge in [-0.3, -0.25) is 4.90 Å². The van der Waals surface area contributed by atoms with Gasteiger partial charge >= 0.3 is 0 Å². The molecule has 0 amide bonds. The molecule has 3 rings (SSSR count). The number of nitrogens with two attached hydrogens (primary N) is 1. The molecule has 0 radical (unpaired) electrons. The Labute approximate surface area is 155 Å². The summed E-state index contributed by atoms with van der Waals surface area (Å²) in [5.41, 5.74) is 8.82. The predicted octanol–water partition coefficient (Wildman–Crippen LogP) is 2.16. The van der Waals surface area contributed by atoms with E-state index in [4.69, 9.17) is 10.5 Å². The van der Waals surface area contributed by atoms with Gasteiger partial charge in [-0.1, -0.05) is 24.3 Å². The van der Waals surface area contributed by atoms with Crippen LogP contribution >= 0.6 is 11.8 Å². The smallest absolute Gasteiger partial charge is 0.191 e. The molecule has 5 nitrogen and oxygen atoms in total. The van der Waals surface area contributed by atoms with Crippen LogP contribution in [0.5, 0.6) is 0 Å². The Balaban J connectivity index is 1.64. The minimum Gasteiger partial charge on any atom is -0.373 e. The molecule has 0 saturated carbocycles. The van der Waals surface area contributed by atoms with Crippen molar-refractivity contribution >= 4 is 17.7 Å². The molecule has 2 aliphatic heterocycles. The van der Waals surface area contributed by atoms with E-state index in [-0.39, 0.29) is 0 Å². The highest BCUT2D eigenvalue weighted by atomic mass is 32.2. The van der Waals surface area contributed by atoms with Gasteiger partial charge in [-0.25, -0.2) is 4.99 Å².